The van der Waals surface area contributed by atoms with Crippen molar-refractivity contribution >= 4 is 17.3 Å². The van der Waals surface area contributed by atoms with Crippen molar-refractivity contribution in [2.75, 3.05) is 11.1 Å². The van der Waals surface area contributed by atoms with Crippen LogP contribution in [0.5, 0.6) is 0 Å². The molecule has 3 N–H and O–H groups in total. The summed E-state index contributed by atoms with van der Waals surface area (Å²) in [5.41, 5.74) is 8.14. The van der Waals surface area contributed by atoms with Crippen molar-refractivity contribution in [3.05, 3.63) is 35.4 Å². The van der Waals surface area contributed by atoms with Gasteiger partial charge in [0, 0.05) is 12.8 Å². The first kappa shape index (κ1) is 15.0. The average Bonchev–Trinajstić information content (AvgIpc) is 2.84. The molecule has 1 heterocycles. The van der Waals surface area contributed by atoms with Crippen LogP contribution in [0.3, 0.4) is 0 Å². The van der Waals surface area contributed by atoms with Crippen LogP contribution in [-0.4, -0.2) is 20.7 Å². The van der Waals surface area contributed by atoms with E-state index in [1.165, 1.54) is 0 Å². The maximum atomic E-state index is 12.1. The number of aromatic nitrogens is 3. The summed E-state index contributed by atoms with van der Waals surface area (Å²) in [6.07, 6.45) is 1.50. The molecule has 0 radical (unpaired) electrons. The lowest BCUT2D eigenvalue weighted by Gasteiger charge is -2.09. The topological polar surface area (TPSA) is 85.8 Å². The third-order valence-electron chi connectivity index (χ3n) is 3.20. The molecular weight excluding hydrogens is 266 g/mol. The summed E-state index contributed by atoms with van der Waals surface area (Å²) in [6.45, 7) is 6.09. The van der Waals surface area contributed by atoms with E-state index >= 15 is 0 Å². The van der Waals surface area contributed by atoms with Gasteiger partial charge in [-0.25, -0.2) is 9.67 Å². The van der Waals surface area contributed by atoms with Gasteiger partial charge in [-0.1, -0.05) is 19.9 Å². The van der Waals surface area contributed by atoms with Crippen LogP contribution < -0.4 is 11.1 Å². The van der Waals surface area contributed by atoms with Crippen LogP contribution in [0.1, 0.15) is 31.1 Å². The zero-order valence-corrected chi connectivity index (χ0v) is 12.7. The Kier molecular flexibility index (Phi) is 4.57. The molecule has 0 unspecified atom stereocenters. The van der Waals surface area contributed by atoms with Crippen molar-refractivity contribution in [2.24, 2.45) is 0 Å². The van der Waals surface area contributed by atoms with Crippen LogP contribution in [-0.2, 0) is 24.2 Å². The minimum Gasteiger partial charge on any atom is -0.397 e. The number of aryl methyl sites for hydroxylation is 3. The molecule has 0 bridgehead atoms. The van der Waals surface area contributed by atoms with Crippen molar-refractivity contribution in [2.45, 2.75) is 40.2 Å². The summed E-state index contributed by atoms with van der Waals surface area (Å²) in [5, 5.41) is 7.14. The van der Waals surface area contributed by atoms with Gasteiger partial charge < -0.3 is 11.1 Å². The van der Waals surface area contributed by atoms with E-state index in [1.807, 2.05) is 39.0 Å². The summed E-state index contributed by atoms with van der Waals surface area (Å²) in [6, 6.07) is 5.55. The quantitative estimate of drug-likeness (QED) is 0.823. The van der Waals surface area contributed by atoms with Crippen LogP contribution in [0.15, 0.2) is 18.2 Å². The second-order valence-corrected chi connectivity index (χ2v) is 4.95. The Balaban J connectivity index is 2.09. The molecule has 0 aliphatic carbocycles. The third-order valence-corrected chi connectivity index (χ3v) is 3.20. The Morgan fingerprint density at radius 2 is 2.10 bits per heavy atom. The van der Waals surface area contributed by atoms with E-state index in [9.17, 15) is 4.79 Å². The Bertz CT molecular complexity index is 648. The molecule has 2 aromatic rings. The van der Waals surface area contributed by atoms with Crippen LogP contribution in [0.4, 0.5) is 11.4 Å². The lowest BCUT2D eigenvalue weighted by molar-refractivity contribution is -0.116. The van der Waals surface area contributed by atoms with Gasteiger partial charge in [0.2, 0.25) is 5.91 Å². The normalized spacial score (nSPS) is 10.6. The molecule has 21 heavy (non-hydrogen) atoms. The molecule has 0 aliphatic heterocycles. The van der Waals surface area contributed by atoms with Crippen LogP contribution in [0.25, 0.3) is 0 Å². The smallest absolute Gasteiger partial charge is 0.246 e. The maximum absolute atomic E-state index is 12.1. The van der Waals surface area contributed by atoms with Crippen LogP contribution in [0.2, 0.25) is 0 Å². The third kappa shape index (κ3) is 3.59. The lowest BCUT2D eigenvalue weighted by Crippen LogP contribution is -2.21. The molecule has 0 aliphatic rings. The number of nitrogen functional groups attached to an aromatic ring is 1. The molecule has 0 fully saturated rings. The molecular formula is C15H21N5O. The summed E-state index contributed by atoms with van der Waals surface area (Å²) in [7, 11) is 0. The fourth-order valence-corrected chi connectivity index (χ4v) is 2.09. The molecule has 1 aromatic heterocycles. The number of carbonyl (C=O) groups excluding carboxylic acids is 1. The number of hydrogen-bond donors (Lipinski definition) is 2. The number of rotatable bonds is 5. The fourth-order valence-electron chi connectivity index (χ4n) is 2.09. The molecule has 0 spiro atoms. The highest BCUT2D eigenvalue weighted by atomic mass is 16.2. The summed E-state index contributed by atoms with van der Waals surface area (Å²) >= 11 is 0. The van der Waals surface area contributed by atoms with E-state index in [2.05, 4.69) is 15.4 Å². The van der Waals surface area contributed by atoms with Gasteiger partial charge in [-0.05, 0) is 24.6 Å². The highest BCUT2D eigenvalue weighted by molar-refractivity contribution is 5.93. The Morgan fingerprint density at radius 1 is 1.33 bits per heavy atom. The highest BCUT2D eigenvalue weighted by Gasteiger charge is 2.12. The van der Waals surface area contributed by atoms with Crippen molar-refractivity contribution in [3.63, 3.8) is 0 Å². The molecule has 0 saturated heterocycles. The Hall–Kier alpha value is -2.37. The number of anilines is 2. The largest absolute Gasteiger partial charge is 0.397 e. The average molecular weight is 287 g/mol. The van der Waals surface area contributed by atoms with Gasteiger partial charge >= 0.3 is 0 Å². The first-order chi connectivity index (χ1) is 10.0. The molecule has 2 rings (SSSR count). The summed E-state index contributed by atoms with van der Waals surface area (Å²) < 4.78 is 1.65. The lowest BCUT2D eigenvalue weighted by atomic mass is 10.2. The zero-order chi connectivity index (χ0) is 15.4. The standard InChI is InChI=1S/C15H21N5O/c1-4-13-18-14(5-2)20(19-13)9-15(21)17-12-7-6-10(3)8-11(12)16/h6-8H,4-5,9,16H2,1-3H3,(H,17,21). The number of nitrogens with two attached hydrogens (primary N) is 1. The molecule has 6 heteroatoms. The first-order valence-corrected chi connectivity index (χ1v) is 7.12. The number of nitrogens with one attached hydrogen (secondary N) is 1. The van der Waals surface area contributed by atoms with Gasteiger partial charge in [-0.3, -0.25) is 4.79 Å². The van der Waals surface area contributed by atoms with Gasteiger partial charge in [-0.2, -0.15) is 5.10 Å². The van der Waals surface area contributed by atoms with Crippen molar-refractivity contribution in [3.8, 4) is 0 Å². The molecule has 6 nitrogen and oxygen atoms in total. The fraction of sp³-hybridized carbons (Fsp3) is 0.400. The van der Waals surface area contributed by atoms with E-state index in [-0.39, 0.29) is 12.5 Å². The number of carbonyl (C=O) groups is 1. The number of benzene rings is 1. The Morgan fingerprint density at radius 3 is 2.71 bits per heavy atom. The van der Waals surface area contributed by atoms with Crippen LogP contribution in [0, 0.1) is 6.92 Å². The van der Waals surface area contributed by atoms with Gasteiger partial charge in [0.1, 0.15) is 12.4 Å². The molecule has 1 aromatic carbocycles. The molecule has 112 valence electrons. The minimum atomic E-state index is -0.159. The van der Waals surface area contributed by atoms with E-state index in [0.717, 1.165) is 30.1 Å². The number of amides is 1. The maximum Gasteiger partial charge on any atom is 0.246 e. The van der Waals surface area contributed by atoms with E-state index in [4.69, 9.17) is 5.73 Å². The highest BCUT2D eigenvalue weighted by Crippen LogP contribution is 2.19. The first-order valence-electron chi connectivity index (χ1n) is 7.12. The summed E-state index contributed by atoms with van der Waals surface area (Å²) in [5.74, 6) is 1.42. The van der Waals surface area contributed by atoms with Gasteiger partial charge in [0.05, 0.1) is 11.4 Å². The molecule has 0 saturated carbocycles. The monoisotopic (exact) mass is 287 g/mol. The van der Waals surface area contributed by atoms with E-state index < -0.39 is 0 Å². The Labute approximate surface area is 124 Å². The van der Waals surface area contributed by atoms with Crippen LogP contribution >= 0.6 is 0 Å². The zero-order valence-electron chi connectivity index (χ0n) is 12.7. The van der Waals surface area contributed by atoms with Gasteiger partial charge in [0.25, 0.3) is 0 Å². The van der Waals surface area contributed by atoms with Crippen molar-refractivity contribution in [1.29, 1.82) is 0 Å². The van der Waals surface area contributed by atoms with Crippen molar-refractivity contribution in [1.82, 2.24) is 14.8 Å². The number of nitrogens with zero attached hydrogens (tertiary/aromatic N) is 3. The van der Waals surface area contributed by atoms with E-state index in [0.29, 0.717) is 11.4 Å². The van der Waals surface area contributed by atoms with Gasteiger partial charge in [0.15, 0.2) is 5.82 Å². The van der Waals surface area contributed by atoms with Crippen molar-refractivity contribution < 1.29 is 4.79 Å². The second-order valence-electron chi connectivity index (χ2n) is 4.95. The molecule has 0 atom stereocenters. The predicted octanol–water partition coefficient (Wildman–Crippen LogP) is 1.93. The predicted molar refractivity (Wildman–Crippen MR) is 83.0 cm³/mol. The second kappa shape index (κ2) is 6.39. The van der Waals surface area contributed by atoms with Gasteiger partial charge in [-0.15, -0.1) is 0 Å². The number of hydrogen-bond acceptors (Lipinski definition) is 4. The molecule has 1 amide bonds. The summed E-state index contributed by atoms with van der Waals surface area (Å²) in [4.78, 5) is 16.5. The minimum absolute atomic E-state index is 0.142. The van der Waals surface area contributed by atoms with E-state index in [1.54, 1.807) is 4.68 Å². The SMILES string of the molecule is CCc1nc(CC)n(CC(=O)Nc2ccc(C)cc2N)n1.